The summed E-state index contributed by atoms with van der Waals surface area (Å²) in [5.41, 5.74) is 5.13. The standard InChI is InChI=1S/C18H30/c1-5-16-7-6-8-17(12-11-16)18-14(3)10-9-13(2)15(18)4/h12-13,15-16H,5-11H2,1-4H3. The van der Waals surface area contributed by atoms with Crippen LogP contribution >= 0.6 is 0 Å². The largest absolute Gasteiger partial charge is 0.0808 e. The summed E-state index contributed by atoms with van der Waals surface area (Å²) in [6.45, 7) is 9.61. The van der Waals surface area contributed by atoms with Crippen LogP contribution in [-0.2, 0) is 0 Å². The van der Waals surface area contributed by atoms with Gasteiger partial charge in [-0.2, -0.15) is 0 Å². The van der Waals surface area contributed by atoms with Gasteiger partial charge in [-0.15, -0.1) is 0 Å². The number of allylic oxidation sites excluding steroid dienone is 4. The Morgan fingerprint density at radius 2 is 1.94 bits per heavy atom. The second-order valence-corrected chi connectivity index (χ2v) is 6.63. The minimum atomic E-state index is 0.781. The molecular formula is C18H30. The van der Waals surface area contributed by atoms with Gasteiger partial charge in [0.25, 0.3) is 0 Å². The van der Waals surface area contributed by atoms with Gasteiger partial charge in [0.15, 0.2) is 0 Å². The number of hydrogen-bond acceptors (Lipinski definition) is 0. The zero-order valence-electron chi connectivity index (χ0n) is 12.8. The zero-order valence-corrected chi connectivity index (χ0v) is 12.8. The molecule has 0 radical (unpaired) electrons. The average Bonchev–Trinajstić information content (AvgIpc) is 2.60. The van der Waals surface area contributed by atoms with Crippen molar-refractivity contribution in [2.45, 2.75) is 72.6 Å². The molecule has 0 N–H and O–H groups in total. The molecule has 0 saturated carbocycles. The smallest absolute Gasteiger partial charge is 0.0162 e. The van der Waals surface area contributed by atoms with Crippen LogP contribution in [0.5, 0.6) is 0 Å². The molecule has 0 aromatic heterocycles. The molecule has 0 bridgehead atoms. The highest BCUT2D eigenvalue weighted by atomic mass is 14.3. The van der Waals surface area contributed by atoms with Crippen molar-refractivity contribution >= 4 is 0 Å². The van der Waals surface area contributed by atoms with Crippen molar-refractivity contribution in [1.82, 2.24) is 0 Å². The lowest BCUT2D eigenvalue weighted by Gasteiger charge is -2.32. The van der Waals surface area contributed by atoms with Crippen LogP contribution in [0.3, 0.4) is 0 Å². The van der Waals surface area contributed by atoms with Crippen LogP contribution in [0.25, 0.3) is 0 Å². The third kappa shape index (κ3) is 2.90. The second-order valence-electron chi connectivity index (χ2n) is 6.63. The van der Waals surface area contributed by atoms with Gasteiger partial charge < -0.3 is 0 Å². The molecule has 0 heteroatoms. The summed E-state index contributed by atoms with van der Waals surface area (Å²) in [6, 6.07) is 0. The van der Waals surface area contributed by atoms with E-state index in [2.05, 4.69) is 33.8 Å². The quantitative estimate of drug-likeness (QED) is 0.569. The summed E-state index contributed by atoms with van der Waals surface area (Å²) in [7, 11) is 0. The Morgan fingerprint density at radius 3 is 2.67 bits per heavy atom. The maximum Gasteiger partial charge on any atom is -0.0162 e. The van der Waals surface area contributed by atoms with Crippen LogP contribution in [-0.4, -0.2) is 0 Å². The van der Waals surface area contributed by atoms with E-state index < -0.39 is 0 Å². The highest BCUT2D eigenvalue weighted by Gasteiger charge is 2.26. The van der Waals surface area contributed by atoms with Crippen LogP contribution in [0.2, 0.25) is 0 Å². The highest BCUT2D eigenvalue weighted by Crippen LogP contribution is 2.41. The van der Waals surface area contributed by atoms with Gasteiger partial charge in [-0.1, -0.05) is 38.8 Å². The summed E-state index contributed by atoms with van der Waals surface area (Å²) in [5, 5.41) is 0. The Balaban J connectivity index is 2.21. The fourth-order valence-corrected chi connectivity index (χ4v) is 3.79. The zero-order chi connectivity index (χ0) is 13.1. The van der Waals surface area contributed by atoms with E-state index in [1.165, 1.54) is 44.9 Å². The van der Waals surface area contributed by atoms with Gasteiger partial charge in [-0.25, -0.2) is 0 Å². The van der Waals surface area contributed by atoms with Crippen molar-refractivity contribution in [3.63, 3.8) is 0 Å². The summed E-state index contributed by atoms with van der Waals surface area (Å²) >= 11 is 0. The molecule has 0 nitrogen and oxygen atoms in total. The lowest BCUT2D eigenvalue weighted by atomic mass is 9.74. The van der Waals surface area contributed by atoms with E-state index in [1.807, 2.05) is 0 Å². The molecule has 3 atom stereocenters. The van der Waals surface area contributed by atoms with Crippen LogP contribution < -0.4 is 0 Å². The molecule has 2 rings (SSSR count). The van der Waals surface area contributed by atoms with Crippen molar-refractivity contribution in [1.29, 1.82) is 0 Å². The monoisotopic (exact) mass is 246 g/mol. The molecule has 0 aliphatic heterocycles. The summed E-state index contributed by atoms with van der Waals surface area (Å²) in [6.07, 6.45) is 12.2. The van der Waals surface area contributed by atoms with E-state index in [4.69, 9.17) is 0 Å². The molecule has 18 heavy (non-hydrogen) atoms. The van der Waals surface area contributed by atoms with E-state index in [0.717, 1.165) is 17.8 Å². The minimum Gasteiger partial charge on any atom is -0.0808 e. The first-order chi connectivity index (χ1) is 8.63. The predicted octanol–water partition coefficient (Wildman–Crippen LogP) is 5.90. The maximum absolute atomic E-state index is 2.59. The molecule has 2 aliphatic carbocycles. The summed E-state index contributed by atoms with van der Waals surface area (Å²) in [4.78, 5) is 0. The molecule has 102 valence electrons. The first-order valence-electron chi connectivity index (χ1n) is 8.02. The SMILES string of the molecule is CCC1CC=C(C2=C(C)CCC(C)C2C)CCC1. The normalized spacial score (nSPS) is 34.2. The van der Waals surface area contributed by atoms with Crippen molar-refractivity contribution < 1.29 is 0 Å². The minimum absolute atomic E-state index is 0.781. The molecule has 0 aromatic rings. The number of rotatable bonds is 2. The van der Waals surface area contributed by atoms with E-state index in [0.29, 0.717) is 0 Å². The van der Waals surface area contributed by atoms with Crippen molar-refractivity contribution in [2.75, 3.05) is 0 Å². The third-order valence-corrected chi connectivity index (χ3v) is 5.42. The van der Waals surface area contributed by atoms with E-state index >= 15 is 0 Å². The maximum atomic E-state index is 2.59. The van der Waals surface area contributed by atoms with Crippen molar-refractivity contribution in [2.24, 2.45) is 17.8 Å². The van der Waals surface area contributed by atoms with Gasteiger partial charge in [0, 0.05) is 0 Å². The van der Waals surface area contributed by atoms with E-state index in [1.54, 1.807) is 16.7 Å². The predicted molar refractivity (Wildman–Crippen MR) is 80.6 cm³/mol. The molecule has 0 spiro atoms. The topological polar surface area (TPSA) is 0 Å². The summed E-state index contributed by atoms with van der Waals surface area (Å²) < 4.78 is 0. The molecular weight excluding hydrogens is 216 g/mol. The Morgan fingerprint density at radius 1 is 1.17 bits per heavy atom. The van der Waals surface area contributed by atoms with Gasteiger partial charge in [0.2, 0.25) is 0 Å². The van der Waals surface area contributed by atoms with Crippen LogP contribution in [0.1, 0.15) is 72.6 Å². The fraction of sp³-hybridized carbons (Fsp3) is 0.778. The first kappa shape index (κ1) is 13.9. The summed E-state index contributed by atoms with van der Waals surface area (Å²) in [5.74, 6) is 2.60. The lowest BCUT2D eigenvalue weighted by molar-refractivity contribution is 0.385. The third-order valence-electron chi connectivity index (χ3n) is 5.42. The molecule has 2 aliphatic rings. The molecule has 0 heterocycles. The lowest BCUT2D eigenvalue weighted by Crippen LogP contribution is -2.18. The van der Waals surface area contributed by atoms with Gasteiger partial charge in [0.1, 0.15) is 0 Å². The van der Waals surface area contributed by atoms with Crippen LogP contribution in [0.4, 0.5) is 0 Å². The molecule has 0 saturated heterocycles. The van der Waals surface area contributed by atoms with E-state index in [9.17, 15) is 0 Å². The Labute approximate surface area is 114 Å². The molecule has 3 unspecified atom stereocenters. The van der Waals surface area contributed by atoms with Crippen molar-refractivity contribution in [3.05, 3.63) is 22.8 Å². The van der Waals surface area contributed by atoms with Crippen LogP contribution in [0, 0.1) is 17.8 Å². The molecule has 0 aromatic carbocycles. The highest BCUT2D eigenvalue weighted by molar-refractivity contribution is 5.38. The van der Waals surface area contributed by atoms with Gasteiger partial charge in [0.05, 0.1) is 0 Å². The number of hydrogen-bond donors (Lipinski definition) is 0. The van der Waals surface area contributed by atoms with Gasteiger partial charge in [-0.05, 0) is 74.3 Å². The van der Waals surface area contributed by atoms with Gasteiger partial charge >= 0.3 is 0 Å². The van der Waals surface area contributed by atoms with Gasteiger partial charge in [-0.3, -0.25) is 0 Å². The van der Waals surface area contributed by atoms with Crippen LogP contribution in [0.15, 0.2) is 22.8 Å². The second kappa shape index (κ2) is 6.08. The van der Waals surface area contributed by atoms with E-state index in [-0.39, 0.29) is 0 Å². The molecule has 0 amide bonds. The Bertz CT molecular complexity index is 345. The van der Waals surface area contributed by atoms with Crippen molar-refractivity contribution in [3.8, 4) is 0 Å². The average molecular weight is 246 g/mol. The molecule has 0 fully saturated rings. The first-order valence-corrected chi connectivity index (χ1v) is 8.02. The Hall–Kier alpha value is -0.520. The Kier molecular flexibility index (Phi) is 4.70. The fourth-order valence-electron chi connectivity index (χ4n) is 3.79.